The molecule has 0 fully saturated rings. The number of aliphatic imine (C=N–C) groups is 1. The Bertz CT molecular complexity index is 320. The first-order chi connectivity index (χ1) is 5.24. The van der Waals surface area contributed by atoms with Crippen molar-refractivity contribution in [2.24, 2.45) is 4.99 Å². The number of nitrogens with zero attached hydrogens (tertiary/aromatic N) is 2. The fraction of sp³-hybridized carbons (Fsp3) is 0. The average molecular weight is 205 g/mol. The molecule has 2 nitrogen and oxygen atoms in total. The van der Waals surface area contributed by atoms with E-state index in [-0.39, 0.29) is 0 Å². The maximum absolute atomic E-state index is 5.67. The Hall–Kier alpha value is -0.470. The largest absolute Gasteiger partial charge is 0.215 e. The molecule has 1 aromatic rings. The maximum Gasteiger partial charge on any atom is 0.182 e. The number of aromatic nitrogens is 1. The molecule has 5 heteroatoms. The number of hydrogen-bond donors (Lipinski definition) is 0. The van der Waals surface area contributed by atoms with E-state index < -0.39 is 0 Å². The molecule has 0 aliphatic carbocycles. The van der Waals surface area contributed by atoms with Gasteiger partial charge in [0, 0.05) is 0 Å². The first kappa shape index (κ1) is 8.62. The summed E-state index contributed by atoms with van der Waals surface area (Å²) in [5, 5.41) is 2.90. The monoisotopic (exact) mass is 204 g/mol. The third-order valence-electron chi connectivity index (χ3n) is 0.945. The van der Waals surface area contributed by atoms with Crippen molar-refractivity contribution < 1.29 is 0 Å². The Balaban J connectivity index is 3.22. The molecular weight excluding hydrogens is 203 g/mol. The van der Waals surface area contributed by atoms with Gasteiger partial charge in [-0.2, -0.15) is 4.99 Å². The molecule has 1 heterocycles. The third kappa shape index (κ3) is 2.24. The molecule has 0 amide bonds. The molecule has 1 rings (SSSR count). The van der Waals surface area contributed by atoms with Gasteiger partial charge in [0.1, 0.15) is 5.15 Å². The Morgan fingerprint density at radius 3 is 2.82 bits per heavy atom. The van der Waals surface area contributed by atoms with Gasteiger partial charge in [0.25, 0.3) is 0 Å². The minimum atomic E-state index is 0.300. The van der Waals surface area contributed by atoms with Crippen LogP contribution in [0, 0.1) is 0 Å². The van der Waals surface area contributed by atoms with Crippen LogP contribution in [0.15, 0.2) is 17.1 Å². The normalized spacial score (nSPS) is 8.91. The topological polar surface area (TPSA) is 25.2 Å². The van der Waals surface area contributed by atoms with Crippen molar-refractivity contribution in [2.75, 3.05) is 0 Å². The second-order valence-electron chi connectivity index (χ2n) is 1.64. The van der Waals surface area contributed by atoms with E-state index in [9.17, 15) is 0 Å². The molecule has 0 bridgehead atoms. The summed E-state index contributed by atoms with van der Waals surface area (Å²) in [6.07, 6.45) is 0. The van der Waals surface area contributed by atoms with E-state index in [1.54, 1.807) is 12.1 Å². The summed E-state index contributed by atoms with van der Waals surface area (Å²) in [5.41, 5.74) is 0. The van der Waals surface area contributed by atoms with Gasteiger partial charge in [-0.05, 0) is 24.4 Å². The molecule has 0 N–H and O–H groups in total. The van der Waals surface area contributed by atoms with Crippen LogP contribution in [0.4, 0.5) is 5.82 Å². The lowest BCUT2D eigenvalue weighted by atomic mass is 10.5. The van der Waals surface area contributed by atoms with Crippen molar-refractivity contribution in [2.45, 2.75) is 0 Å². The quantitative estimate of drug-likeness (QED) is 0.399. The number of hydrogen-bond acceptors (Lipinski definition) is 3. The molecule has 0 aliphatic rings. The van der Waals surface area contributed by atoms with Gasteiger partial charge in [-0.1, -0.05) is 23.2 Å². The molecule has 0 unspecified atom stereocenters. The molecule has 56 valence electrons. The highest BCUT2D eigenvalue weighted by Gasteiger charge is 1.99. The van der Waals surface area contributed by atoms with Gasteiger partial charge >= 0.3 is 0 Å². The van der Waals surface area contributed by atoms with Crippen molar-refractivity contribution in [3.63, 3.8) is 0 Å². The zero-order valence-electron chi connectivity index (χ0n) is 5.21. The molecule has 1 aromatic heterocycles. The highest BCUT2D eigenvalue weighted by molar-refractivity contribution is 7.78. The molecule has 0 atom stereocenters. The van der Waals surface area contributed by atoms with Crippen LogP contribution in [-0.4, -0.2) is 10.1 Å². The Morgan fingerprint density at radius 1 is 1.45 bits per heavy atom. The summed E-state index contributed by atoms with van der Waals surface area (Å²) in [4.78, 5) is 7.40. The molecular formula is C6H2Cl2N2S. The highest BCUT2D eigenvalue weighted by Crippen LogP contribution is 2.23. The average Bonchev–Trinajstić information content (AvgIpc) is 1.98. The maximum atomic E-state index is 5.67. The molecule has 0 saturated heterocycles. The molecule has 0 aliphatic heterocycles. The smallest absolute Gasteiger partial charge is 0.182 e. The fourth-order valence-electron chi connectivity index (χ4n) is 0.530. The zero-order chi connectivity index (χ0) is 8.27. The number of isothiocyanates is 1. The van der Waals surface area contributed by atoms with E-state index >= 15 is 0 Å². The first-order valence-electron chi connectivity index (χ1n) is 2.64. The molecule has 0 aromatic carbocycles. The number of halogens is 2. The summed E-state index contributed by atoms with van der Waals surface area (Å²) < 4.78 is 0. The van der Waals surface area contributed by atoms with E-state index in [1.165, 1.54) is 0 Å². The lowest BCUT2D eigenvalue weighted by Gasteiger charge is -1.93. The predicted molar refractivity (Wildman–Crippen MR) is 48.9 cm³/mol. The Morgan fingerprint density at radius 2 is 2.18 bits per heavy atom. The third-order valence-corrected chi connectivity index (χ3v) is 1.54. The van der Waals surface area contributed by atoms with Crippen molar-refractivity contribution >= 4 is 46.4 Å². The van der Waals surface area contributed by atoms with Crippen LogP contribution in [0.1, 0.15) is 0 Å². The molecule has 11 heavy (non-hydrogen) atoms. The van der Waals surface area contributed by atoms with Crippen molar-refractivity contribution in [1.82, 2.24) is 4.98 Å². The van der Waals surface area contributed by atoms with Crippen LogP contribution in [0.2, 0.25) is 10.2 Å². The molecule has 0 spiro atoms. The summed E-state index contributed by atoms with van der Waals surface area (Å²) in [6.45, 7) is 0. The highest BCUT2D eigenvalue weighted by atomic mass is 35.5. The lowest BCUT2D eigenvalue weighted by Crippen LogP contribution is -1.75. The number of pyridine rings is 1. The summed E-state index contributed by atoms with van der Waals surface area (Å²) in [6, 6.07) is 3.18. The van der Waals surface area contributed by atoms with Gasteiger partial charge in [-0.25, -0.2) is 4.98 Å². The van der Waals surface area contributed by atoms with Gasteiger partial charge in [-0.3, -0.25) is 0 Å². The van der Waals surface area contributed by atoms with E-state index in [0.717, 1.165) is 0 Å². The Kier molecular flexibility index (Phi) is 2.97. The van der Waals surface area contributed by atoms with Gasteiger partial charge in [-0.15, -0.1) is 0 Å². The minimum Gasteiger partial charge on any atom is -0.215 e. The first-order valence-corrected chi connectivity index (χ1v) is 3.80. The van der Waals surface area contributed by atoms with Gasteiger partial charge in [0.15, 0.2) is 5.82 Å². The van der Waals surface area contributed by atoms with Crippen LogP contribution in [0.3, 0.4) is 0 Å². The van der Waals surface area contributed by atoms with E-state index in [4.69, 9.17) is 23.2 Å². The fourth-order valence-corrected chi connectivity index (χ4v) is 0.907. The van der Waals surface area contributed by atoms with Crippen LogP contribution in [0.25, 0.3) is 0 Å². The van der Waals surface area contributed by atoms with E-state index in [2.05, 4.69) is 27.4 Å². The van der Waals surface area contributed by atoms with Crippen LogP contribution < -0.4 is 0 Å². The summed E-state index contributed by atoms with van der Waals surface area (Å²) in [7, 11) is 0. The van der Waals surface area contributed by atoms with Gasteiger partial charge in [0.05, 0.1) is 10.2 Å². The van der Waals surface area contributed by atoms with Gasteiger partial charge < -0.3 is 0 Å². The van der Waals surface area contributed by atoms with Crippen LogP contribution >= 0.6 is 35.4 Å². The lowest BCUT2D eigenvalue weighted by molar-refractivity contribution is 1.28. The van der Waals surface area contributed by atoms with Crippen molar-refractivity contribution in [3.05, 3.63) is 22.3 Å². The van der Waals surface area contributed by atoms with E-state index in [0.29, 0.717) is 16.0 Å². The van der Waals surface area contributed by atoms with E-state index in [1.807, 2.05) is 0 Å². The van der Waals surface area contributed by atoms with Crippen molar-refractivity contribution in [3.8, 4) is 0 Å². The SMILES string of the molecule is S=C=Nc1nc(Cl)ccc1Cl. The second kappa shape index (κ2) is 3.79. The summed E-state index contributed by atoms with van der Waals surface area (Å²) >= 11 is 15.6. The summed E-state index contributed by atoms with van der Waals surface area (Å²) in [5.74, 6) is 0.300. The predicted octanol–water partition coefficient (Wildman–Crippen LogP) is 3.12. The standard InChI is InChI=1S/C6H2Cl2N2S/c7-4-1-2-5(8)10-6(4)9-3-11/h1-2H. The van der Waals surface area contributed by atoms with Crippen molar-refractivity contribution in [1.29, 1.82) is 0 Å². The molecule has 0 radical (unpaired) electrons. The second-order valence-corrected chi connectivity index (χ2v) is 2.62. The minimum absolute atomic E-state index is 0.300. The zero-order valence-corrected chi connectivity index (χ0v) is 7.54. The molecule has 0 saturated carbocycles. The van der Waals surface area contributed by atoms with Crippen LogP contribution in [-0.2, 0) is 0 Å². The Labute approximate surface area is 78.9 Å². The number of rotatable bonds is 1. The van der Waals surface area contributed by atoms with Gasteiger partial charge in [0.2, 0.25) is 0 Å². The number of thiocarbonyl (C=S) groups is 1. The van der Waals surface area contributed by atoms with Crippen LogP contribution in [0.5, 0.6) is 0 Å².